The summed E-state index contributed by atoms with van der Waals surface area (Å²) in [6, 6.07) is 2.74. The van der Waals surface area contributed by atoms with Crippen molar-refractivity contribution in [2.75, 3.05) is 13.2 Å². The Morgan fingerprint density at radius 2 is 1.89 bits per heavy atom. The van der Waals surface area contributed by atoms with Crippen molar-refractivity contribution >= 4 is 18.6 Å². The van der Waals surface area contributed by atoms with E-state index in [1.807, 2.05) is 0 Å². The fourth-order valence-corrected chi connectivity index (χ4v) is 3.00. The molecule has 0 aliphatic heterocycles. The molecule has 0 aromatic heterocycles. The van der Waals surface area contributed by atoms with E-state index in [9.17, 15) is 19.1 Å². The van der Waals surface area contributed by atoms with E-state index in [1.165, 1.54) is 0 Å². The maximum Gasteiger partial charge on any atom is 0.364 e. The molecule has 0 spiro atoms. The highest BCUT2D eigenvalue weighted by molar-refractivity contribution is 7.62. The minimum Gasteiger partial charge on any atom is -0.305 e. The SMILES string of the molecule is CCOP(=O)(OCC)c1cc([N+](=O)[O-])ccc1F. The third-order valence-electron chi connectivity index (χ3n) is 2.03. The molecular weight excluding hydrogens is 264 g/mol. The Kier molecular flexibility index (Phi) is 4.95. The number of benzene rings is 1. The molecule has 1 rings (SSSR count). The molecule has 0 amide bonds. The average Bonchev–Trinajstić information content (AvgIpc) is 2.29. The van der Waals surface area contributed by atoms with Gasteiger partial charge in [0.2, 0.25) is 0 Å². The lowest BCUT2D eigenvalue weighted by Crippen LogP contribution is -2.15. The van der Waals surface area contributed by atoms with Crippen LogP contribution in [0.4, 0.5) is 10.1 Å². The van der Waals surface area contributed by atoms with Crippen LogP contribution in [0.5, 0.6) is 0 Å². The zero-order valence-corrected chi connectivity index (χ0v) is 10.9. The van der Waals surface area contributed by atoms with Crippen LogP contribution in [0.3, 0.4) is 0 Å². The summed E-state index contributed by atoms with van der Waals surface area (Å²) in [5.41, 5.74) is -0.369. The lowest BCUT2D eigenvalue weighted by atomic mass is 10.3. The number of nitro groups is 1. The van der Waals surface area contributed by atoms with Crippen molar-refractivity contribution in [1.82, 2.24) is 0 Å². The number of nitrogens with zero attached hydrogens (tertiary/aromatic N) is 1. The third-order valence-corrected chi connectivity index (χ3v) is 4.16. The second-order valence-corrected chi connectivity index (χ2v) is 5.22. The molecule has 0 radical (unpaired) electrons. The van der Waals surface area contributed by atoms with Crippen molar-refractivity contribution in [3.8, 4) is 0 Å². The van der Waals surface area contributed by atoms with Crippen molar-refractivity contribution in [1.29, 1.82) is 0 Å². The molecule has 0 saturated carbocycles. The molecule has 8 heteroatoms. The van der Waals surface area contributed by atoms with E-state index in [0.717, 1.165) is 18.2 Å². The van der Waals surface area contributed by atoms with Crippen LogP contribution in [-0.2, 0) is 13.6 Å². The van der Waals surface area contributed by atoms with E-state index in [1.54, 1.807) is 13.8 Å². The van der Waals surface area contributed by atoms with Gasteiger partial charge in [0.15, 0.2) is 0 Å². The van der Waals surface area contributed by atoms with Gasteiger partial charge in [-0.3, -0.25) is 14.7 Å². The first-order chi connectivity index (χ1) is 8.44. The van der Waals surface area contributed by atoms with E-state index < -0.39 is 23.6 Å². The molecule has 0 N–H and O–H groups in total. The highest BCUT2D eigenvalue weighted by Gasteiger charge is 2.32. The van der Waals surface area contributed by atoms with Crippen molar-refractivity contribution in [3.05, 3.63) is 34.1 Å². The van der Waals surface area contributed by atoms with Crippen LogP contribution in [-0.4, -0.2) is 18.1 Å². The number of hydrogen-bond acceptors (Lipinski definition) is 5. The minimum absolute atomic E-state index is 0.0411. The van der Waals surface area contributed by atoms with Gasteiger partial charge in [0.05, 0.1) is 18.1 Å². The van der Waals surface area contributed by atoms with Gasteiger partial charge < -0.3 is 9.05 Å². The van der Waals surface area contributed by atoms with Gasteiger partial charge in [-0.25, -0.2) is 4.39 Å². The van der Waals surface area contributed by atoms with Crippen LogP contribution in [0.2, 0.25) is 0 Å². The number of rotatable bonds is 6. The molecule has 0 aliphatic rings. The molecule has 6 nitrogen and oxygen atoms in total. The lowest BCUT2D eigenvalue weighted by molar-refractivity contribution is -0.384. The summed E-state index contributed by atoms with van der Waals surface area (Å²) in [6.07, 6.45) is 0. The molecule has 0 atom stereocenters. The van der Waals surface area contributed by atoms with Gasteiger partial charge in [-0.2, -0.15) is 0 Å². The maximum atomic E-state index is 13.6. The van der Waals surface area contributed by atoms with E-state index in [-0.39, 0.29) is 18.9 Å². The number of halogens is 1. The monoisotopic (exact) mass is 277 g/mol. The third kappa shape index (κ3) is 3.13. The van der Waals surface area contributed by atoms with E-state index in [4.69, 9.17) is 9.05 Å². The molecule has 0 bridgehead atoms. The average molecular weight is 277 g/mol. The second kappa shape index (κ2) is 6.04. The van der Waals surface area contributed by atoms with Crippen LogP contribution in [0.25, 0.3) is 0 Å². The highest BCUT2D eigenvalue weighted by atomic mass is 31.2. The van der Waals surface area contributed by atoms with Gasteiger partial charge in [0, 0.05) is 12.1 Å². The fraction of sp³-hybridized carbons (Fsp3) is 0.400. The molecule has 1 aromatic rings. The Morgan fingerprint density at radius 3 is 2.33 bits per heavy atom. The highest BCUT2D eigenvalue weighted by Crippen LogP contribution is 2.47. The molecule has 100 valence electrons. The topological polar surface area (TPSA) is 78.7 Å². The Hall–Kier alpha value is -1.30. The van der Waals surface area contributed by atoms with Crippen LogP contribution in [0.15, 0.2) is 18.2 Å². The molecular formula is C10H13FNO5P. The summed E-state index contributed by atoms with van der Waals surface area (Å²) < 4.78 is 35.8. The Labute approximate surface area is 103 Å². The normalized spacial score (nSPS) is 11.5. The smallest absolute Gasteiger partial charge is 0.305 e. The van der Waals surface area contributed by atoms with Gasteiger partial charge in [-0.15, -0.1) is 0 Å². The van der Waals surface area contributed by atoms with Crippen molar-refractivity contribution < 1.29 is 22.9 Å². The predicted molar refractivity (Wildman–Crippen MR) is 63.5 cm³/mol. The standard InChI is InChI=1S/C10H13FNO5P/c1-3-16-18(15,17-4-2)10-7-8(12(13)14)5-6-9(10)11/h5-7H,3-4H2,1-2H3. The first kappa shape index (κ1) is 14.8. The van der Waals surface area contributed by atoms with E-state index in [0.29, 0.717) is 0 Å². The van der Waals surface area contributed by atoms with Crippen molar-refractivity contribution in [3.63, 3.8) is 0 Å². The van der Waals surface area contributed by atoms with Gasteiger partial charge in [0.1, 0.15) is 11.1 Å². The molecule has 0 fully saturated rings. The molecule has 0 saturated heterocycles. The lowest BCUT2D eigenvalue weighted by Gasteiger charge is -2.17. The number of nitro benzene ring substituents is 1. The van der Waals surface area contributed by atoms with E-state index in [2.05, 4.69) is 0 Å². The van der Waals surface area contributed by atoms with E-state index >= 15 is 0 Å². The molecule has 1 aromatic carbocycles. The molecule has 0 heterocycles. The van der Waals surface area contributed by atoms with Gasteiger partial charge in [0.25, 0.3) is 5.69 Å². The summed E-state index contributed by atoms with van der Waals surface area (Å²) in [6.45, 7) is 3.22. The molecule has 0 aliphatic carbocycles. The maximum absolute atomic E-state index is 13.6. The van der Waals surface area contributed by atoms with Crippen LogP contribution in [0, 0.1) is 15.9 Å². The van der Waals surface area contributed by atoms with Crippen LogP contribution >= 0.6 is 7.60 Å². The largest absolute Gasteiger partial charge is 0.364 e. The zero-order chi connectivity index (χ0) is 13.8. The Bertz CT molecular complexity index is 483. The molecule has 0 unspecified atom stereocenters. The molecule has 18 heavy (non-hydrogen) atoms. The van der Waals surface area contributed by atoms with Crippen molar-refractivity contribution in [2.24, 2.45) is 0 Å². The summed E-state index contributed by atoms with van der Waals surface area (Å²) in [4.78, 5) is 9.92. The summed E-state index contributed by atoms with van der Waals surface area (Å²) in [5, 5.41) is 10.2. The minimum atomic E-state index is -3.86. The quantitative estimate of drug-likeness (QED) is 0.453. The predicted octanol–water partition coefficient (Wildman–Crippen LogP) is 2.63. The van der Waals surface area contributed by atoms with Gasteiger partial charge >= 0.3 is 7.60 Å². The van der Waals surface area contributed by atoms with Gasteiger partial charge in [-0.1, -0.05) is 0 Å². The summed E-state index contributed by atoms with van der Waals surface area (Å²) in [5.74, 6) is -0.856. The summed E-state index contributed by atoms with van der Waals surface area (Å²) >= 11 is 0. The first-order valence-electron chi connectivity index (χ1n) is 5.28. The second-order valence-electron chi connectivity index (χ2n) is 3.23. The summed E-state index contributed by atoms with van der Waals surface area (Å²) in [7, 11) is -3.86. The van der Waals surface area contributed by atoms with Crippen LogP contribution < -0.4 is 5.30 Å². The van der Waals surface area contributed by atoms with Crippen LogP contribution in [0.1, 0.15) is 13.8 Å². The number of hydrogen-bond donors (Lipinski definition) is 0. The zero-order valence-electron chi connectivity index (χ0n) is 9.96. The van der Waals surface area contributed by atoms with Gasteiger partial charge in [-0.05, 0) is 19.9 Å². The number of non-ortho nitro benzene ring substituents is 1. The fourth-order valence-electron chi connectivity index (χ4n) is 1.34. The first-order valence-corrected chi connectivity index (χ1v) is 6.82. The Balaban J connectivity index is 3.31. The van der Waals surface area contributed by atoms with Crippen molar-refractivity contribution in [2.45, 2.75) is 13.8 Å². The Morgan fingerprint density at radius 1 is 1.33 bits per heavy atom.